The first-order chi connectivity index (χ1) is 9.10. The molecule has 0 spiro atoms. The Balaban J connectivity index is 2.51. The third-order valence-electron chi connectivity index (χ3n) is 2.21. The quantitative estimate of drug-likeness (QED) is 0.654. The molecule has 0 aromatic carbocycles. The van der Waals surface area contributed by atoms with Gasteiger partial charge in [-0.3, -0.25) is 0 Å². The van der Waals surface area contributed by atoms with Crippen molar-refractivity contribution < 1.29 is 25.8 Å². The Bertz CT molecular complexity index is 776. The van der Waals surface area contributed by atoms with E-state index in [2.05, 4.69) is 19.1 Å². The van der Waals surface area contributed by atoms with Crippen molar-refractivity contribution in [3.8, 4) is 5.75 Å². The van der Waals surface area contributed by atoms with Crippen molar-refractivity contribution in [2.24, 2.45) is 0 Å². The molecule has 0 aliphatic carbocycles. The van der Waals surface area contributed by atoms with Crippen molar-refractivity contribution in [2.75, 3.05) is 5.73 Å². The fourth-order valence-corrected chi connectivity index (χ4v) is 1.80. The summed E-state index contributed by atoms with van der Waals surface area (Å²) in [4.78, 5) is 11.2. The Morgan fingerprint density at radius 1 is 1.30 bits per heavy atom. The second-order valence-electron chi connectivity index (χ2n) is 3.70. The van der Waals surface area contributed by atoms with Crippen LogP contribution >= 0.6 is 0 Å². The van der Waals surface area contributed by atoms with Gasteiger partial charge in [-0.2, -0.15) is 26.6 Å². The monoisotopic (exact) mass is 308 g/mol. The fraction of sp³-hybridized carbons (Fsp3) is 0.222. The highest BCUT2D eigenvalue weighted by Crippen LogP contribution is 2.29. The zero-order valence-corrected chi connectivity index (χ0v) is 10.7. The first-order valence-electron chi connectivity index (χ1n) is 5.01. The molecule has 2 N–H and O–H groups in total. The summed E-state index contributed by atoms with van der Waals surface area (Å²) in [6.07, 6.45) is 1.19. The van der Waals surface area contributed by atoms with Crippen LogP contribution in [-0.2, 0) is 10.1 Å². The zero-order chi connectivity index (χ0) is 15.1. The summed E-state index contributed by atoms with van der Waals surface area (Å²) in [5, 5.41) is 0.192. The van der Waals surface area contributed by atoms with Gasteiger partial charge in [0.1, 0.15) is 0 Å². The number of aryl methyl sites for hydroxylation is 1. The molecule has 0 aliphatic rings. The summed E-state index contributed by atoms with van der Waals surface area (Å²) in [5.74, 6) is -0.621. The Hall–Kier alpha value is -2.17. The molecule has 0 saturated heterocycles. The normalized spacial score (nSPS) is 12.6. The molecular formula is C9H7F3N4O3S. The summed E-state index contributed by atoms with van der Waals surface area (Å²) in [6, 6.07) is 1.04. The van der Waals surface area contributed by atoms with Gasteiger partial charge in [-0.15, -0.1) is 0 Å². The van der Waals surface area contributed by atoms with Crippen molar-refractivity contribution in [3.63, 3.8) is 0 Å². The highest BCUT2D eigenvalue weighted by Gasteiger charge is 2.48. The van der Waals surface area contributed by atoms with E-state index >= 15 is 0 Å². The number of halogens is 3. The number of hydrogen-bond acceptors (Lipinski definition) is 7. The fourth-order valence-electron chi connectivity index (χ4n) is 1.30. The Kier molecular flexibility index (Phi) is 3.16. The lowest BCUT2D eigenvalue weighted by atomic mass is 10.3. The SMILES string of the molecule is Cc1nc2nc(N)ncc2cc1OS(=O)(=O)C(F)(F)F. The van der Waals surface area contributed by atoms with Crippen LogP contribution in [0.3, 0.4) is 0 Å². The van der Waals surface area contributed by atoms with Gasteiger partial charge in [-0.25, -0.2) is 9.97 Å². The number of alkyl halides is 3. The van der Waals surface area contributed by atoms with Crippen molar-refractivity contribution in [2.45, 2.75) is 12.4 Å². The minimum Gasteiger partial charge on any atom is -0.374 e. The number of hydrogen-bond donors (Lipinski definition) is 1. The summed E-state index contributed by atoms with van der Waals surface area (Å²) < 4.78 is 62.6. The number of fused-ring (bicyclic) bond motifs is 1. The molecule has 0 atom stereocenters. The third kappa shape index (κ3) is 2.57. The van der Waals surface area contributed by atoms with Crippen LogP contribution in [0.15, 0.2) is 12.3 Å². The molecule has 0 aliphatic heterocycles. The molecule has 0 fully saturated rings. The van der Waals surface area contributed by atoms with E-state index in [4.69, 9.17) is 5.73 Å². The molecule has 2 heterocycles. The summed E-state index contributed by atoms with van der Waals surface area (Å²) in [6.45, 7) is 1.28. The smallest absolute Gasteiger partial charge is 0.374 e. The number of nitrogens with two attached hydrogens (primary N) is 1. The molecule has 2 aromatic heterocycles. The van der Waals surface area contributed by atoms with E-state index in [0.29, 0.717) is 0 Å². The molecule has 20 heavy (non-hydrogen) atoms. The average Bonchev–Trinajstić information content (AvgIpc) is 2.28. The van der Waals surface area contributed by atoms with Gasteiger partial charge in [0.2, 0.25) is 5.95 Å². The highest BCUT2D eigenvalue weighted by molar-refractivity contribution is 7.88. The van der Waals surface area contributed by atoms with Gasteiger partial charge in [-0.05, 0) is 13.0 Å². The topological polar surface area (TPSA) is 108 Å². The number of rotatable bonds is 2. The maximum atomic E-state index is 12.2. The number of aromatic nitrogens is 3. The molecule has 0 unspecified atom stereocenters. The predicted octanol–water partition coefficient (Wildman–Crippen LogP) is 1.14. The molecule has 108 valence electrons. The van der Waals surface area contributed by atoms with Gasteiger partial charge in [0, 0.05) is 11.6 Å². The number of nitrogens with zero attached hydrogens (tertiary/aromatic N) is 3. The molecule has 7 nitrogen and oxygen atoms in total. The lowest BCUT2D eigenvalue weighted by Crippen LogP contribution is -2.28. The van der Waals surface area contributed by atoms with E-state index in [9.17, 15) is 21.6 Å². The highest BCUT2D eigenvalue weighted by atomic mass is 32.2. The summed E-state index contributed by atoms with van der Waals surface area (Å²) in [5.41, 5.74) is -0.152. The number of pyridine rings is 1. The zero-order valence-electron chi connectivity index (χ0n) is 9.84. The van der Waals surface area contributed by atoms with Gasteiger partial charge in [0.25, 0.3) is 0 Å². The van der Waals surface area contributed by atoms with Gasteiger partial charge in [0.05, 0.1) is 5.69 Å². The Labute approximate surface area is 110 Å². The predicted molar refractivity (Wildman–Crippen MR) is 62.1 cm³/mol. The average molecular weight is 308 g/mol. The molecule has 0 radical (unpaired) electrons. The standard InChI is InChI=1S/C9H7F3N4O3S/c1-4-6(19-20(17,18)9(10,11)12)2-5-3-14-8(13)16-7(5)15-4/h2-3H,1H3,(H2,13,14,15,16). The van der Waals surface area contributed by atoms with Crippen LogP contribution < -0.4 is 9.92 Å². The number of nitrogen functional groups attached to an aromatic ring is 1. The van der Waals surface area contributed by atoms with E-state index in [1.165, 1.54) is 13.1 Å². The number of anilines is 1. The van der Waals surface area contributed by atoms with Crippen molar-refractivity contribution in [1.82, 2.24) is 15.0 Å². The van der Waals surface area contributed by atoms with Crippen molar-refractivity contribution in [1.29, 1.82) is 0 Å². The van der Waals surface area contributed by atoms with Gasteiger partial charge >= 0.3 is 15.6 Å². The van der Waals surface area contributed by atoms with Gasteiger partial charge in [0.15, 0.2) is 11.4 Å². The van der Waals surface area contributed by atoms with Crippen LogP contribution in [0, 0.1) is 6.92 Å². The Morgan fingerprint density at radius 3 is 2.55 bits per heavy atom. The molecule has 11 heteroatoms. The van der Waals surface area contributed by atoms with E-state index in [0.717, 1.165) is 6.07 Å². The second-order valence-corrected chi connectivity index (χ2v) is 5.23. The molecule has 2 aromatic rings. The summed E-state index contributed by atoms with van der Waals surface area (Å²) in [7, 11) is -5.76. The van der Waals surface area contributed by atoms with Crippen molar-refractivity contribution >= 4 is 27.1 Å². The summed E-state index contributed by atoms with van der Waals surface area (Å²) >= 11 is 0. The first kappa shape index (κ1) is 14.2. The molecular weight excluding hydrogens is 301 g/mol. The van der Waals surface area contributed by atoms with E-state index in [1.807, 2.05) is 0 Å². The maximum absolute atomic E-state index is 12.2. The molecule has 0 bridgehead atoms. The van der Waals surface area contributed by atoms with Crippen LogP contribution in [0.1, 0.15) is 5.69 Å². The minimum absolute atomic E-state index is 0.0685. The van der Waals surface area contributed by atoms with Gasteiger partial charge < -0.3 is 9.92 Å². The largest absolute Gasteiger partial charge is 0.534 e. The van der Waals surface area contributed by atoms with Crippen LogP contribution in [0.5, 0.6) is 5.75 Å². The van der Waals surface area contributed by atoms with Crippen LogP contribution in [0.25, 0.3) is 11.0 Å². The molecule has 0 saturated carbocycles. The molecule has 0 amide bonds. The first-order valence-corrected chi connectivity index (χ1v) is 6.41. The molecule has 2 rings (SSSR count). The second kappa shape index (κ2) is 4.44. The van der Waals surface area contributed by atoms with Crippen LogP contribution in [0.2, 0.25) is 0 Å². The Morgan fingerprint density at radius 2 is 1.95 bits per heavy atom. The minimum atomic E-state index is -5.76. The lowest BCUT2D eigenvalue weighted by molar-refractivity contribution is -0.0500. The van der Waals surface area contributed by atoms with Crippen LogP contribution in [0.4, 0.5) is 19.1 Å². The van der Waals surface area contributed by atoms with E-state index in [1.54, 1.807) is 0 Å². The van der Waals surface area contributed by atoms with Crippen molar-refractivity contribution in [3.05, 3.63) is 18.0 Å². The maximum Gasteiger partial charge on any atom is 0.534 e. The van der Waals surface area contributed by atoms with E-state index < -0.39 is 21.4 Å². The lowest BCUT2D eigenvalue weighted by Gasteiger charge is -2.11. The van der Waals surface area contributed by atoms with Crippen LogP contribution in [-0.4, -0.2) is 28.9 Å². The van der Waals surface area contributed by atoms with Gasteiger partial charge in [-0.1, -0.05) is 0 Å². The third-order valence-corrected chi connectivity index (χ3v) is 3.18. The van der Waals surface area contributed by atoms with E-state index in [-0.39, 0.29) is 22.7 Å².